The number of methoxy groups -OCH3 is 1. The van der Waals surface area contributed by atoms with Crippen molar-refractivity contribution in [2.45, 2.75) is 19.6 Å². The van der Waals surface area contributed by atoms with E-state index in [1.165, 1.54) is 24.3 Å². The fourth-order valence-electron chi connectivity index (χ4n) is 2.35. The summed E-state index contributed by atoms with van der Waals surface area (Å²) in [5, 5.41) is 6.33. The lowest BCUT2D eigenvalue weighted by molar-refractivity contribution is 0.106. The number of aliphatic imine (C=N–C) groups is 1. The highest BCUT2D eigenvalue weighted by Crippen LogP contribution is 2.16. The van der Waals surface area contributed by atoms with Crippen LogP contribution in [-0.4, -0.2) is 26.2 Å². The predicted molar refractivity (Wildman–Crippen MR) is 111 cm³/mol. The molecule has 4 nitrogen and oxygen atoms in total. The van der Waals surface area contributed by atoms with E-state index >= 15 is 0 Å². The van der Waals surface area contributed by atoms with Crippen molar-refractivity contribution < 1.29 is 13.5 Å². The van der Waals surface area contributed by atoms with Crippen molar-refractivity contribution in [3.63, 3.8) is 0 Å². The Balaban J connectivity index is 0.00000338. The fraction of sp³-hybridized carbons (Fsp3) is 0.316. The van der Waals surface area contributed by atoms with Crippen LogP contribution < -0.4 is 10.6 Å². The number of guanidine groups is 1. The number of nitrogens with zero attached hydrogens (tertiary/aromatic N) is 1. The summed E-state index contributed by atoms with van der Waals surface area (Å²) in [6.07, 6.45) is -0.237. The molecule has 0 saturated heterocycles. The number of benzene rings is 2. The maximum absolute atomic E-state index is 13.2. The van der Waals surface area contributed by atoms with E-state index in [0.717, 1.165) is 11.1 Å². The van der Waals surface area contributed by atoms with Crippen LogP contribution in [0.15, 0.2) is 53.5 Å². The molecule has 2 rings (SSSR count). The van der Waals surface area contributed by atoms with Gasteiger partial charge in [-0.25, -0.2) is 13.8 Å². The van der Waals surface area contributed by atoms with Crippen molar-refractivity contribution in [2.75, 3.05) is 20.2 Å². The van der Waals surface area contributed by atoms with E-state index in [0.29, 0.717) is 25.6 Å². The Morgan fingerprint density at radius 1 is 1.08 bits per heavy atom. The molecule has 0 fully saturated rings. The average Bonchev–Trinajstić information content (AvgIpc) is 2.61. The first-order valence-corrected chi connectivity index (χ1v) is 8.17. The molecule has 0 heterocycles. The smallest absolute Gasteiger partial charge is 0.191 e. The van der Waals surface area contributed by atoms with Gasteiger partial charge in [-0.05, 0) is 42.3 Å². The van der Waals surface area contributed by atoms with Gasteiger partial charge in [0.2, 0.25) is 0 Å². The van der Waals surface area contributed by atoms with Crippen LogP contribution in [0.2, 0.25) is 0 Å². The number of rotatable bonds is 7. The molecule has 0 amide bonds. The summed E-state index contributed by atoms with van der Waals surface area (Å²) < 4.78 is 31.7. The number of ether oxygens (including phenoxy) is 1. The summed E-state index contributed by atoms with van der Waals surface area (Å²) in [7, 11) is 1.60. The van der Waals surface area contributed by atoms with Crippen molar-refractivity contribution in [2.24, 2.45) is 4.99 Å². The van der Waals surface area contributed by atoms with Crippen LogP contribution in [0.25, 0.3) is 0 Å². The van der Waals surface area contributed by atoms with Gasteiger partial charge in [0, 0.05) is 20.2 Å². The van der Waals surface area contributed by atoms with Crippen molar-refractivity contribution in [3.05, 3.63) is 71.3 Å². The molecule has 26 heavy (non-hydrogen) atoms. The van der Waals surface area contributed by atoms with Crippen LogP contribution in [0.3, 0.4) is 0 Å². The van der Waals surface area contributed by atoms with E-state index in [1.54, 1.807) is 25.3 Å². The van der Waals surface area contributed by atoms with Crippen molar-refractivity contribution in [1.29, 1.82) is 0 Å². The van der Waals surface area contributed by atoms with Gasteiger partial charge in [-0.1, -0.05) is 24.3 Å². The predicted octanol–water partition coefficient (Wildman–Crippen LogP) is 4.03. The number of hydrogen-bond acceptors (Lipinski definition) is 2. The van der Waals surface area contributed by atoms with Gasteiger partial charge in [0.05, 0.1) is 12.6 Å². The highest BCUT2D eigenvalue weighted by atomic mass is 127. The molecule has 0 aliphatic heterocycles. The van der Waals surface area contributed by atoms with Crippen molar-refractivity contribution >= 4 is 29.9 Å². The van der Waals surface area contributed by atoms with Crippen LogP contribution in [0.1, 0.15) is 24.2 Å². The number of halogens is 3. The first kappa shape index (κ1) is 22.3. The standard InChI is InChI=1S/C19H23F2N3O.HI/c1-3-22-19(23-12-14-5-4-6-17(21)11-14)24-13-18(25-2)15-7-9-16(20)10-8-15;/h4-11,18H,3,12-13H2,1-2H3,(H2,22,23,24);1H. The van der Waals surface area contributed by atoms with Crippen LogP contribution in [-0.2, 0) is 11.3 Å². The van der Waals surface area contributed by atoms with Crippen molar-refractivity contribution in [1.82, 2.24) is 10.6 Å². The highest BCUT2D eigenvalue weighted by molar-refractivity contribution is 14.0. The van der Waals surface area contributed by atoms with Crippen LogP contribution in [0, 0.1) is 11.6 Å². The van der Waals surface area contributed by atoms with Crippen LogP contribution in [0.5, 0.6) is 0 Å². The van der Waals surface area contributed by atoms with Crippen LogP contribution >= 0.6 is 24.0 Å². The second-order valence-electron chi connectivity index (χ2n) is 5.48. The first-order valence-electron chi connectivity index (χ1n) is 8.17. The lowest BCUT2D eigenvalue weighted by Gasteiger charge is -2.18. The second kappa shape index (κ2) is 11.8. The Kier molecular flexibility index (Phi) is 10.1. The summed E-state index contributed by atoms with van der Waals surface area (Å²) in [4.78, 5) is 4.45. The maximum Gasteiger partial charge on any atom is 0.191 e. The number of hydrogen-bond donors (Lipinski definition) is 2. The molecule has 0 aromatic heterocycles. The monoisotopic (exact) mass is 475 g/mol. The molecule has 2 aromatic rings. The minimum absolute atomic E-state index is 0. The van der Waals surface area contributed by atoms with Gasteiger partial charge in [0.25, 0.3) is 0 Å². The van der Waals surface area contributed by atoms with E-state index in [1.807, 2.05) is 13.0 Å². The molecule has 0 aliphatic rings. The normalized spacial score (nSPS) is 12.2. The Hall–Kier alpha value is -1.74. The summed E-state index contributed by atoms with van der Waals surface area (Å²) >= 11 is 0. The summed E-state index contributed by atoms with van der Waals surface area (Å²) in [5.74, 6) is 0.0499. The summed E-state index contributed by atoms with van der Waals surface area (Å²) in [6.45, 7) is 3.49. The third-order valence-electron chi connectivity index (χ3n) is 3.63. The SMILES string of the molecule is CCNC(=NCc1cccc(F)c1)NCC(OC)c1ccc(F)cc1.I. The summed E-state index contributed by atoms with van der Waals surface area (Å²) in [6, 6.07) is 12.6. The molecule has 0 bridgehead atoms. The minimum Gasteiger partial charge on any atom is -0.375 e. The largest absolute Gasteiger partial charge is 0.375 e. The van der Waals surface area contributed by atoms with Gasteiger partial charge in [0.1, 0.15) is 11.6 Å². The third-order valence-corrected chi connectivity index (χ3v) is 3.63. The molecule has 0 aliphatic carbocycles. The third kappa shape index (κ3) is 7.25. The molecule has 1 unspecified atom stereocenters. The molecule has 2 N–H and O–H groups in total. The lowest BCUT2D eigenvalue weighted by Crippen LogP contribution is -2.39. The lowest BCUT2D eigenvalue weighted by atomic mass is 10.1. The molecule has 2 aromatic carbocycles. The molecule has 1 atom stereocenters. The van der Waals surface area contributed by atoms with Gasteiger partial charge in [-0.15, -0.1) is 24.0 Å². The number of nitrogens with one attached hydrogen (secondary N) is 2. The van der Waals surface area contributed by atoms with E-state index < -0.39 is 0 Å². The zero-order valence-electron chi connectivity index (χ0n) is 14.8. The minimum atomic E-state index is -0.281. The van der Waals surface area contributed by atoms with E-state index in [2.05, 4.69) is 15.6 Å². The summed E-state index contributed by atoms with van der Waals surface area (Å²) in [5.41, 5.74) is 1.66. The molecule has 7 heteroatoms. The van der Waals surface area contributed by atoms with Gasteiger partial charge >= 0.3 is 0 Å². The van der Waals surface area contributed by atoms with Gasteiger partial charge in [0.15, 0.2) is 5.96 Å². The second-order valence-corrected chi connectivity index (χ2v) is 5.48. The van der Waals surface area contributed by atoms with E-state index in [-0.39, 0.29) is 41.7 Å². The zero-order chi connectivity index (χ0) is 18.1. The molecule has 0 radical (unpaired) electrons. The van der Waals surface area contributed by atoms with E-state index in [4.69, 9.17) is 4.74 Å². The molecular formula is C19H24F2IN3O. The fourth-order valence-corrected chi connectivity index (χ4v) is 2.35. The zero-order valence-corrected chi connectivity index (χ0v) is 17.2. The van der Waals surface area contributed by atoms with Gasteiger partial charge < -0.3 is 15.4 Å². The highest BCUT2D eigenvalue weighted by Gasteiger charge is 2.11. The maximum atomic E-state index is 13.2. The molecule has 0 saturated carbocycles. The topological polar surface area (TPSA) is 45.7 Å². The average molecular weight is 475 g/mol. The quantitative estimate of drug-likeness (QED) is 0.361. The molecule has 142 valence electrons. The van der Waals surface area contributed by atoms with E-state index in [9.17, 15) is 8.78 Å². The van der Waals surface area contributed by atoms with Gasteiger partial charge in [-0.2, -0.15) is 0 Å². The Labute approximate surface area is 170 Å². The Bertz CT molecular complexity index is 695. The van der Waals surface area contributed by atoms with Gasteiger partial charge in [-0.3, -0.25) is 0 Å². The Morgan fingerprint density at radius 3 is 2.42 bits per heavy atom. The molecular weight excluding hydrogens is 451 g/mol. The van der Waals surface area contributed by atoms with Crippen LogP contribution in [0.4, 0.5) is 8.78 Å². The van der Waals surface area contributed by atoms with Crippen molar-refractivity contribution in [3.8, 4) is 0 Å². The molecule has 0 spiro atoms. The Morgan fingerprint density at radius 2 is 1.81 bits per heavy atom. The first-order chi connectivity index (χ1) is 12.1.